The van der Waals surface area contributed by atoms with E-state index in [0.717, 1.165) is 24.1 Å². The number of halogens is 2. The summed E-state index contributed by atoms with van der Waals surface area (Å²) in [5.41, 5.74) is 2.89. The first-order chi connectivity index (χ1) is 17.9. The highest BCUT2D eigenvalue weighted by Crippen LogP contribution is 2.38. The standard InChI is InChI=1S/C29H31F2N3O2S/c1-20-19-33(14-15-34(20)28(36)17-21-5-7-23(30)8-6-21)27(35)10-13-32-12-9-26-25(11-16-37-26)29(32)22-3-2-4-24(31)18-22/h2-8,11,16,18,20,29H,9-10,12-15,17,19H2,1H3/t20-,29+/m0/s1. The summed E-state index contributed by atoms with van der Waals surface area (Å²) in [6.07, 6.45) is 1.53. The van der Waals surface area contributed by atoms with Gasteiger partial charge in [-0.3, -0.25) is 14.5 Å². The molecule has 2 aromatic carbocycles. The maximum atomic E-state index is 14.1. The average molecular weight is 524 g/mol. The first-order valence-corrected chi connectivity index (χ1v) is 13.6. The number of hydrogen-bond donors (Lipinski definition) is 0. The molecule has 5 rings (SSSR count). The number of rotatable bonds is 6. The quantitative estimate of drug-likeness (QED) is 0.472. The maximum absolute atomic E-state index is 14.1. The number of amides is 2. The van der Waals surface area contributed by atoms with E-state index in [1.165, 1.54) is 28.6 Å². The molecule has 37 heavy (non-hydrogen) atoms. The molecule has 0 unspecified atom stereocenters. The minimum Gasteiger partial charge on any atom is -0.339 e. The highest BCUT2D eigenvalue weighted by molar-refractivity contribution is 7.10. The lowest BCUT2D eigenvalue weighted by Crippen LogP contribution is -2.56. The van der Waals surface area contributed by atoms with Gasteiger partial charge in [0.25, 0.3) is 0 Å². The van der Waals surface area contributed by atoms with Gasteiger partial charge in [0, 0.05) is 50.1 Å². The van der Waals surface area contributed by atoms with Crippen molar-refractivity contribution in [2.24, 2.45) is 0 Å². The number of hydrogen-bond acceptors (Lipinski definition) is 4. The molecule has 2 aliphatic heterocycles. The van der Waals surface area contributed by atoms with E-state index < -0.39 is 0 Å². The first kappa shape index (κ1) is 25.5. The summed E-state index contributed by atoms with van der Waals surface area (Å²) in [7, 11) is 0. The van der Waals surface area contributed by atoms with Crippen molar-refractivity contribution >= 4 is 23.2 Å². The van der Waals surface area contributed by atoms with Crippen LogP contribution in [0.1, 0.15) is 41.0 Å². The molecule has 0 spiro atoms. The van der Waals surface area contributed by atoms with Crippen LogP contribution in [-0.2, 0) is 22.4 Å². The Labute approximate surface area is 220 Å². The molecule has 5 nitrogen and oxygen atoms in total. The third-order valence-corrected chi connectivity index (χ3v) is 8.41. The second kappa shape index (κ2) is 11.1. The smallest absolute Gasteiger partial charge is 0.227 e. The molecule has 3 aromatic rings. The normalized spacial score (nSPS) is 20.1. The van der Waals surface area contributed by atoms with E-state index in [-0.39, 0.29) is 42.0 Å². The Balaban J connectivity index is 1.18. The fraction of sp³-hybridized carbons (Fsp3) is 0.379. The van der Waals surface area contributed by atoms with Crippen LogP contribution in [0.4, 0.5) is 8.78 Å². The molecule has 1 fully saturated rings. The number of thiophene rings is 1. The molecule has 0 aliphatic carbocycles. The van der Waals surface area contributed by atoms with Crippen LogP contribution in [0.2, 0.25) is 0 Å². The van der Waals surface area contributed by atoms with Gasteiger partial charge in [-0.05, 0) is 65.7 Å². The molecule has 1 aromatic heterocycles. The Morgan fingerprint density at radius 2 is 1.78 bits per heavy atom. The van der Waals surface area contributed by atoms with Crippen LogP contribution in [0.15, 0.2) is 60.0 Å². The van der Waals surface area contributed by atoms with Crippen LogP contribution in [0.3, 0.4) is 0 Å². The summed E-state index contributed by atoms with van der Waals surface area (Å²) in [6, 6.07) is 14.7. The molecule has 1 saturated heterocycles. The summed E-state index contributed by atoms with van der Waals surface area (Å²) in [5, 5.41) is 2.09. The van der Waals surface area contributed by atoms with Gasteiger partial charge >= 0.3 is 0 Å². The minimum absolute atomic E-state index is 0.0102. The molecule has 2 atom stereocenters. The second-order valence-corrected chi connectivity index (χ2v) is 10.9. The number of benzene rings is 2. The summed E-state index contributed by atoms with van der Waals surface area (Å²) >= 11 is 1.74. The van der Waals surface area contributed by atoms with E-state index in [0.29, 0.717) is 32.6 Å². The van der Waals surface area contributed by atoms with Crippen LogP contribution in [0.25, 0.3) is 0 Å². The van der Waals surface area contributed by atoms with Crippen molar-refractivity contribution in [3.8, 4) is 0 Å². The molecular weight excluding hydrogens is 492 g/mol. The number of piperazine rings is 1. The zero-order valence-corrected chi connectivity index (χ0v) is 21.7. The van der Waals surface area contributed by atoms with Crippen molar-refractivity contribution in [2.45, 2.75) is 38.3 Å². The van der Waals surface area contributed by atoms with Gasteiger partial charge in [0.05, 0.1) is 12.5 Å². The average Bonchev–Trinajstić information content (AvgIpc) is 3.37. The second-order valence-electron chi connectivity index (χ2n) is 9.87. The van der Waals surface area contributed by atoms with Gasteiger partial charge in [-0.15, -0.1) is 11.3 Å². The van der Waals surface area contributed by atoms with Gasteiger partial charge in [0.15, 0.2) is 0 Å². The summed E-state index contributed by atoms with van der Waals surface area (Å²) in [6.45, 7) is 4.86. The van der Waals surface area contributed by atoms with Crippen LogP contribution < -0.4 is 0 Å². The number of carbonyl (C=O) groups excluding carboxylic acids is 2. The van der Waals surface area contributed by atoms with Crippen molar-refractivity contribution in [1.82, 2.24) is 14.7 Å². The molecule has 0 bridgehead atoms. The molecular formula is C29H31F2N3O2S. The fourth-order valence-electron chi connectivity index (χ4n) is 5.51. The largest absolute Gasteiger partial charge is 0.339 e. The number of fused-ring (bicyclic) bond motifs is 1. The highest BCUT2D eigenvalue weighted by Gasteiger charge is 2.32. The van der Waals surface area contributed by atoms with Crippen molar-refractivity contribution < 1.29 is 18.4 Å². The van der Waals surface area contributed by atoms with E-state index in [1.54, 1.807) is 35.6 Å². The van der Waals surface area contributed by atoms with Crippen LogP contribution in [0, 0.1) is 11.6 Å². The van der Waals surface area contributed by atoms with Crippen molar-refractivity contribution in [3.63, 3.8) is 0 Å². The first-order valence-electron chi connectivity index (χ1n) is 12.8. The van der Waals surface area contributed by atoms with Crippen molar-refractivity contribution in [1.29, 1.82) is 0 Å². The van der Waals surface area contributed by atoms with Crippen LogP contribution >= 0.6 is 11.3 Å². The van der Waals surface area contributed by atoms with Crippen LogP contribution in [-0.4, -0.2) is 65.3 Å². The van der Waals surface area contributed by atoms with Gasteiger partial charge < -0.3 is 9.80 Å². The Kier molecular flexibility index (Phi) is 7.67. The van der Waals surface area contributed by atoms with Gasteiger partial charge in [-0.1, -0.05) is 24.3 Å². The van der Waals surface area contributed by atoms with Gasteiger partial charge in [-0.2, -0.15) is 0 Å². The number of carbonyl (C=O) groups is 2. The molecule has 2 amide bonds. The lowest BCUT2D eigenvalue weighted by Gasteiger charge is -2.41. The van der Waals surface area contributed by atoms with Crippen molar-refractivity contribution in [3.05, 3.63) is 93.2 Å². The molecule has 0 N–H and O–H groups in total. The molecule has 194 valence electrons. The lowest BCUT2D eigenvalue weighted by atomic mass is 9.93. The van der Waals surface area contributed by atoms with E-state index in [4.69, 9.17) is 0 Å². The predicted octanol–water partition coefficient (Wildman–Crippen LogP) is 4.67. The van der Waals surface area contributed by atoms with E-state index in [9.17, 15) is 18.4 Å². The topological polar surface area (TPSA) is 43.9 Å². The van der Waals surface area contributed by atoms with E-state index >= 15 is 0 Å². The molecule has 0 radical (unpaired) electrons. The van der Waals surface area contributed by atoms with E-state index in [1.807, 2.05) is 22.8 Å². The summed E-state index contributed by atoms with van der Waals surface area (Å²) in [4.78, 5) is 33.3. The van der Waals surface area contributed by atoms with Gasteiger partial charge in [0.2, 0.25) is 11.8 Å². The van der Waals surface area contributed by atoms with Gasteiger partial charge in [-0.25, -0.2) is 8.78 Å². The van der Waals surface area contributed by atoms with Crippen molar-refractivity contribution in [2.75, 3.05) is 32.7 Å². The Bertz CT molecular complexity index is 1260. The zero-order chi connectivity index (χ0) is 25.9. The Morgan fingerprint density at radius 1 is 0.973 bits per heavy atom. The molecule has 8 heteroatoms. The van der Waals surface area contributed by atoms with E-state index in [2.05, 4.69) is 16.3 Å². The Hall–Kier alpha value is -3.10. The van der Waals surface area contributed by atoms with Gasteiger partial charge in [0.1, 0.15) is 11.6 Å². The summed E-state index contributed by atoms with van der Waals surface area (Å²) in [5.74, 6) is -0.508. The fourth-order valence-corrected chi connectivity index (χ4v) is 6.41. The monoisotopic (exact) mass is 523 g/mol. The molecule has 3 heterocycles. The van der Waals surface area contributed by atoms with Crippen LogP contribution in [0.5, 0.6) is 0 Å². The Morgan fingerprint density at radius 3 is 2.54 bits per heavy atom. The zero-order valence-electron chi connectivity index (χ0n) is 20.9. The maximum Gasteiger partial charge on any atom is 0.227 e. The third-order valence-electron chi connectivity index (χ3n) is 7.41. The summed E-state index contributed by atoms with van der Waals surface area (Å²) < 4.78 is 27.2. The lowest BCUT2D eigenvalue weighted by molar-refractivity contribution is -0.142. The SMILES string of the molecule is C[C@H]1CN(C(=O)CCN2CCc3sccc3[C@H]2c2cccc(F)c2)CCN1C(=O)Cc1ccc(F)cc1. The highest BCUT2D eigenvalue weighted by atomic mass is 32.1. The predicted molar refractivity (Wildman–Crippen MR) is 140 cm³/mol. The minimum atomic E-state index is -0.320. The molecule has 2 aliphatic rings. The third kappa shape index (κ3) is 5.75. The molecule has 0 saturated carbocycles. The number of nitrogens with zero attached hydrogens (tertiary/aromatic N) is 3.